The van der Waals surface area contributed by atoms with Crippen molar-refractivity contribution >= 4 is 5.69 Å². The van der Waals surface area contributed by atoms with Gasteiger partial charge in [0.25, 0.3) is 0 Å². The fraction of sp³-hybridized carbons (Fsp3) is 0.545. The van der Waals surface area contributed by atoms with Crippen molar-refractivity contribution in [2.75, 3.05) is 25.1 Å². The predicted molar refractivity (Wildman–Crippen MR) is 57.0 cm³/mol. The summed E-state index contributed by atoms with van der Waals surface area (Å²) in [5.74, 6) is 0.914. The van der Waals surface area contributed by atoms with E-state index >= 15 is 0 Å². The first kappa shape index (κ1) is 9.31. The van der Waals surface area contributed by atoms with E-state index in [1.165, 1.54) is 12.1 Å². The number of anilines is 1. The zero-order valence-electron chi connectivity index (χ0n) is 8.79. The van der Waals surface area contributed by atoms with Crippen molar-refractivity contribution in [2.45, 2.75) is 19.8 Å². The molecule has 2 rings (SSSR count). The standard InChI is InChI=1S/C11H16N2O/c1-3-10-11(14-2)7-9(8-12-10)13-5-4-6-13/h7-8H,3-6H2,1-2H3. The minimum Gasteiger partial charge on any atom is -0.495 e. The number of nitrogens with zero attached hydrogens (tertiary/aromatic N) is 2. The molecule has 3 heteroatoms. The zero-order chi connectivity index (χ0) is 9.97. The van der Waals surface area contributed by atoms with Crippen LogP contribution in [0.4, 0.5) is 5.69 Å². The molecule has 2 heterocycles. The van der Waals surface area contributed by atoms with E-state index < -0.39 is 0 Å². The van der Waals surface area contributed by atoms with Gasteiger partial charge < -0.3 is 9.64 Å². The molecule has 0 aromatic carbocycles. The Bertz CT molecular complexity index is 321. The molecule has 1 aliphatic heterocycles. The molecule has 0 aliphatic carbocycles. The van der Waals surface area contributed by atoms with Crippen LogP contribution in [0.2, 0.25) is 0 Å². The van der Waals surface area contributed by atoms with Gasteiger partial charge in [0.2, 0.25) is 0 Å². The predicted octanol–water partition coefficient (Wildman–Crippen LogP) is 1.86. The van der Waals surface area contributed by atoms with Crippen molar-refractivity contribution in [1.29, 1.82) is 0 Å². The Labute approximate surface area is 84.7 Å². The first-order chi connectivity index (χ1) is 6.85. The second-order valence-corrected chi connectivity index (χ2v) is 3.54. The summed E-state index contributed by atoms with van der Waals surface area (Å²) in [4.78, 5) is 6.72. The van der Waals surface area contributed by atoms with Crippen LogP contribution >= 0.6 is 0 Å². The fourth-order valence-electron chi connectivity index (χ4n) is 1.65. The summed E-state index contributed by atoms with van der Waals surface area (Å²) in [6, 6.07) is 2.09. The van der Waals surface area contributed by atoms with Crippen LogP contribution < -0.4 is 9.64 Å². The molecule has 1 aliphatic rings. The summed E-state index contributed by atoms with van der Waals surface area (Å²) in [6.45, 7) is 4.39. The SMILES string of the molecule is CCc1ncc(N2CCC2)cc1OC. The van der Waals surface area contributed by atoms with Crippen molar-refractivity contribution < 1.29 is 4.74 Å². The number of aryl methyl sites for hydroxylation is 1. The third-order valence-electron chi connectivity index (χ3n) is 2.69. The maximum atomic E-state index is 5.31. The number of ether oxygens (including phenoxy) is 1. The number of rotatable bonds is 3. The van der Waals surface area contributed by atoms with Gasteiger partial charge in [-0.05, 0) is 12.8 Å². The number of aromatic nitrogens is 1. The van der Waals surface area contributed by atoms with Crippen LogP contribution in [0.3, 0.4) is 0 Å². The van der Waals surface area contributed by atoms with Gasteiger partial charge in [0.1, 0.15) is 5.75 Å². The van der Waals surface area contributed by atoms with Gasteiger partial charge in [-0.1, -0.05) is 6.92 Å². The minimum atomic E-state index is 0.914. The van der Waals surface area contributed by atoms with Gasteiger partial charge in [0.15, 0.2) is 0 Å². The Morgan fingerprint density at radius 1 is 1.50 bits per heavy atom. The lowest BCUT2D eigenvalue weighted by Crippen LogP contribution is -2.37. The lowest BCUT2D eigenvalue weighted by atomic mass is 10.2. The fourth-order valence-corrected chi connectivity index (χ4v) is 1.65. The molecule has 0 unspecified atom stereocenters. The first-order valence-electron chi connectivity index (χ1n) is 5.13. The minimum absolute atomic E-state index is 0.914. The summed E-state index contributed by atoms with van der Waals surface area (Å²) in [6.07, 6.45) is 4.15. The van der Waals surface area contributed by atoms with E-state index in [1.54, 1.807) is 7.11 Å². The molecule has 1 aromatic heterocycles. The monoisotopic (exact) mass is 192 g/mol. The smallest absolute Gasteiger partial charge is 0.142 e. The second kappa shape index (κ2) is 3.86. The Kier molecular flexibility index (Phi) is 2.57. The third-order valence-corrected chi connectivity index (χ3v) is 2.69. The molecule has 14 heavy (non-hydrogen) atoms. The number of hydrogen-bond acceptors (Lipinski definition) is 3. The Balaban J connectivity index is 2.26. The topological polar surface area (TPSA) is 25.4 Å². The van der Waals surface area contributed by atoms with Gasteiger partial charge >= 0.3 is 0 Å². The maximum absolute atomic E-state index is 5.31. The molecule has 3 nitrogen and oxygen atoms in total. The van der Waals surface area contributed by atoms with Gasteiger partial charge in [-0.15, -0.1) is 0 Å². The van der Waals surface area contributed by atoms with Gasteiger partial charge in [0.05, 0.1) is 24.7 Å². The normalized spacial score (nSPS) is 15.1. The molecule has 0 amide bonds. The molecule has 0 atom stereocenters. The highest BCUT2D eigenvalue weighted by Gasteiger charge is 2.16. The Hall–Kier alpha value is -1.25. The highest BCUT2D eigenvalue weighted by Crippen LogP contribution is 2.26. The summed E-state index contributed by atoms with van der Waals surface area (Å²) in [7, 11) is 1.70. The molecule has 0 bridgehead atoms. The quantitative estimate of drug-likeness (QED) is 0.731. The number of methoxy groups -OCH3 is 1. The van der Waals surface area contributed by atoms with E-state index in [-0.39, 0.29) is 0 Å². The molecule has 76 valence electrons. The van der Waals surface area contributed by atoms with E-state index in [1.807, 2.05) is 6.20 Å². The maximum Gasteiger partial charge on any atom is 0.142 e. The number of hydrogen-bond donors (Lipinski definition) is 0. The van der Waals surface area contributed by atoms with Crippen LogP contribution in [-0.4, -0.2) is 25.2 Å². The van der Waals surface area contributed by atoms with Crippen LogP contribution in [0.1, 0.15) is 19.0 Å². The first-order valence-corrected chi connectivity index (χ1v) is 5.13. The van der Waals surface area contributed by atoms with Crippen LogP contribution in [-0.2, 0) is 6.42 Å². The highest BCUT2D eigenvalue weighted by atomic mass is 16.5. The zero-order valence-corrected chi connectivity index (χ0v) is 8.79. The Morgan fingerprint density at radius 3 is 2.79 bits per heavy atom. The van der Waals surface area contributed by atoms with Crippen LogP contribution in [0, 0.1) is 0 Å². The molecular formula is C11H16N2O. The molecule has 1 saturated heterocycles. The lowest BCUT2D eigenvalue weighted by molar-refractivity contribution is 0.407. The second-order valence-electron chi connectivity index (χ2n) is 3.54. The van der Waals surface area contributed by atoms with Gasteiger partial charge in [-0.2, -0.15) is 0 Å². The molecular weight excluding hydrogens is 176 g/mol. The van der Waals surface area contributed by atoms with Crippen molar-refractivity contribution in [2.24, 2.45) is 0 Å². The van der Waals surface area contributed by atoms with Gasteiger partial charge in [-0.3, -0.25) is 4.98 Å². The van der Waals surface area contributed by atoms with E-state index in [9.17, 15) is 0 Å². The van der Waals surface area contributed by atoms with Gasteiger partial charge in [0, 0.05) is 19.2 Å². The van der Waals surface area contributed by atoms with Crippen molar-refractivity contribution in [1.82, 2.24) is 4.98 Å². The lowest BCUT2D eigenvalue weighted by Gasteiger charge is -2.33. The summed E-state index contributed by atoms with van der Waals surface area (Å²) >= 11 is 0. The summed E-state index contributed by atoms with van der Waals surface area (Å²) in [5, 5.41) is 0. The van der Waals surface area contributed by atoms with Crippen molar-refractivity contribution in [3.8, 4) is 5.75 Å². The average molecular weight is 192 g/mol. The molecule has 0 N–H and O–H groups in total. The van der Waals surface area contributed by atoms with Crippen LogP contribution in [0.15, 0.2) is 12.3 Å². The highest BCUT2D eigenvalue weighted by molar-refractivity contribution is 5.51. The molecule has 0 radical (unpaired) electrons. The molecule has 0 saturated carbocycles. The van der Waals surface area contributed by atoms with E-state index in [0.29, 0.717) is 0 Å². The van der Waals surface area contributed by atoms with E-state index in [4.69, 9.17) is 4.74 Å². The van der Waals surface area contributed by atoms with E-state index in [2.05, 4.69) is 22.9 Å². The summed E-state index contributed by atoms with van der Waals surface area (Å²) in [5.41, 5.74) is 2.22. The van der Waals surface area contributed by atoms with Gasteiger partial charge in [-0.25, -0.2) is 0 Å². The van der Waals surface area contributed by atoms with Crippen LogP contribution in [0.5, 0.6) is 5.75 Å². The Morgan fingerprint density at radius 2 is 2.29 bits per heavy atom. The third kappa shape index (κ3) is 1.54. The molecule has 1 fully saturated rings. The van der Waals surface area contributed by atoms with Crippen molar-refractivity contribution in [3.05, 3.63) is 18.0 Å². The van der Waals surface area contributed by atoms with Crippen LogP contribution in [0.25, 0.3) is 0 Å². The number of pyridine rings is 1. The molecule has 1 aromatic rings. The average Bonchev–Trinajstić information content (AvgIpc) is 2.15. The van der Waals surface area contributed by atoms with E-state index in [0.717, 1.165) is 31.0 Å². The summed E-state index contributed by atoms with van der Waals surface area (Å²) < 4.78 is 5.31. The van der Waals surface area contributed by atoms with Crippen molar-refractivity contribution in [3.63, 3.8) is 0 Å². The largest absolute Gasteiger partial charge is 0.495 e. The molecule has 0 spiro atoms.